The van der Waals surface area contributed by atoms with E-state index in [4.69, 9.17) is 0 Å². The molecule has 1 atom stereocenters. The van der Waals surface area contributed by atoms with E-state index >= 15 is 0 Å². The molecule has 1 unspecified atom stereocenters. The Bertz CT molecular complexity index is 3600. The van der Waals surface area contributed by atoms with Gasteiger partial charge >= 0.3 is 0 Å². The Kier molecular flexibility index (Phi) is 8.35. The van der Waals surface area contributed by atoms with E-state index in [0.717, 1.165) is 17.1 Å². The van der Waals surface area contributed by atoms with Gasteiger partial charge in [0.25, 0.3) is 0 Å². The molecule has 0 N–H and O–H groups in total. The highest BCUT2D eigenvalue weighted by molar-refractivity contribution is 7.25. The normalized spacial score (nSPS) is 16.2. The van der Waals surface area contributed by atoms with Crippen molar-refractivity contribution >= 4 is 54.1 Å². The fourth-order valence-corrected chi connectivity index (χ4v) is 13.2. The molecule has 0 saturated carbocycles. The van der Waals surface area contributed by atoms with Gasteiger partial charge in [0.2, 0.25) is 0 Å². The van der Waals surface area contributed by atoms with Crippen LogP contribution in [-0.4, -0.2) is 0 Å². The molecule has 13 rings (SSSR count). The Morgan fingerprint density at radius 3 is 1.68 bits per heavy atom. The molecule has 65 heavy (non-hydrogen) atoms. The lowest BCUT2D eigenvalue weighted by atomic mass is 9.66. The summed E-state index contributed by atoms with van der Waals surface area (Å²) >= 11 is 1.86. The minimum Gasteiger partial charge on any atom is -0.310 e. The first-order chi connectivity index (χ1) is 32.2. The van der Waals surface area contributed by atoms with E-state index < -0.39 is 10.8 Å². The second-order valence-electron chi connectivity index (χ2n) is 17.4. The van der Waals surface area contributed by atoms with Gasteiger partial charge < -0.3 is 4.90 Å². The van der Waals surface area contributed by atoms with Crippen molar-refractivity contribution in [3.8, 4) is 22.3 Å². The lowest BCUT2D eigenvalue weighted by Gasteiger charge is -2.35. The molecular weight excluding hydrogens is 803 g/mol. The van der Waals surface area contributed by atoms with Crippen molar-refractivity contribution in [3.63, 3.8) is 0 Å². The molecule has 1 nitrogen and oxygen atoms in total. The number of allylic oxidation sites excluding steroid dienone is 5. The van der Waals surface area contributed by atoms with Gasteiger partial charge in [0.15, 0.2) is 0 Å². The van der Waals surface area contributed by atoms with Crippen LogP contribution in [0.3, 0.4) is 0 Å². The number of nitrogens with zero attached hydrogens (tertiary/aromatic N) is 1. The van der Waals surface area contributed by atoms with Gasteiger partial charge in [-0.1, -0.05) is 195 Å². The van der Waals surface area contributed by atoms with Gasteiger partial charge in [-0.05, 0) is 122 Å². The fourth-order valence-electron chi connectivity index (χ4n) is 12.1. The van der Waals surface area contributed by atoms with E-state index in [9.17, 15) is 0 Å². The third-order valence-electron chi connectivity index (χ3n) is 14.5. The highest BCUT2D eigenvalue weighted by atomic mass is 32.1. The molecule has 3 aliphatic carbocycles. The molecule has 10 aromatic rings. The lowest BCUT2D eigenvalue weighted by Crippen LogP contribution is -2.29. The number of rotatable bonds is 7. The van der Waals surface area contributed by atoms with Crippen molar-refractivity contribution in [1.29, 1.82) is 0 Å². The fraction of sp³-hybridized carbons (Fsp3) is 0.0476. The van der Waals surface area contributed by atoms with Crippen LogP contribution in [-0.2, 0) is 10.8 Å². The highest BCUT2D eigenvalue weighted by Crippen LogP contribution is 2.65. The average Bonchev–Trinajstić information content (AvgIpc) is 4.07. The summed E-state index contributed by atoms with van der Waals surface area (Å²) in [5.74, 6) is 0. The first kappa shape index (κ1) is 37.7. The third-order valence-corrected chi connectivity index (χ3v) is 15.6. The first-order valence-corrected chi connectivity index (χ1v) is 23.4. The van der Waals surface area contributed by atoms with Gasteiger partial charge in [-0.25, -0.2) is 0 Å². The SMILES string of the molecule is C=CC1=C(/C=C\C)C(c2ccccc2)(c2ccc(N(c3ccc4sc5ccccc5c4c3)c3cccc4c3-c3ccccc3C43c4ccccc4-c4ccccc43)cc2)c2ccccc21. The Balaban J connectivity index is 1.08. The van der Waals surface area contributed by atoms with E-state index in [0.29, 0.717) is 0 Å². The molecule has 1 spiro atoms. The summed E-state index contributed by atoms with van der Waals surface area (Å²) in [5.41, 5.74) is 20.3. The molecule has 1 heterocycles. The topological polar surface area (TPSA) is 3.24 Å². The number of hydrogen-bond acceptors (Lipinski definition) is 2. The van der Waals surface area contributed by atoms with Gasteiger partial charge in [-0.3, -0.25) is 0 Å². The van der Waals surface area contributed by atoms with Gasteiger partial charge in [-0.2, -0.15) is 0 Å². The van der Waals surface area contributed by atoms with E-state index in [1.807, 2.05) is 17.4 Å². The largest absolute Gasteiger partial charge is 0.310 e. The predicted octanol–water partition coefficient (Wildman–Crippen LogP) is 16.7. The molecule has 0 bridgehead atoms. The van der Waals surface area contributed by atoms with Crippen LogP contribution in [0.4, 0.5) is 17.1 Å². The summed E-state index contributed by atoms with van der Waals surface area (Å²) in [6.45, 7) is 6.48. The summed E-state index contributed by atoms with van der Waals surface area (Å²) in [4.78, 5) is 2.52. The van der Waals surface area contributed by atoms with Crippen molar-refractivity contribution in [1.82, 2.24) is 0 Å². The van der Waals surface area contributed by atoms with Crippen molar-refractivity contribution in [2.75, 3.05) is 4.90 Å². The molecule has 0 aliphatic heterocycles. The van der Waals surface area contributed by atoms with Crippen molar-refractivity contribution < 1.29 is 0 Å². The van der Waals surface area contributed by atoms with Crippen LogP contribution in [0.1, 0.15) is 51.4 Å². The number of hydrogen-bond donors (Lipinski definition) is 0. The van der Waals surface area contributed by atoms with Crippen LogP contribution in [0.5, 0.6) is 0 Å². The maximum Gasteiger partial charge on any atom is 0.0726 e. The molecular formula is C63H43NS. The zero-order valence-corrected chi connectivity index (χ0v) is 36.8. The van der Waals surface area contributed by atoms with Crippen molar-refractivity contribution in [2.45, 2.75) is 17.8 Å². The summed E-state index contributed by atoms with van der Waals surface area (Å²) in [6, 6.07) is 79.5. The summed E-state index contributed by atoms with van der Waals surface area (Å²) in [7, 11) is 0. The standard InChI is InChI=1S/C63H43NS/c1-3-19-52-45(4-2)46-22-8-13-27-53(46)62(52,41-20-6-5-7-21-41)42-34-36-43(37-35-42)64(44-38-39-60-51(40-44)49-25-12-17-33-59(49)65-60)58-32-18-31-57-61(58)50-26-11-16-30-56(50)63(57)54-28-14-9-23-47(54)48-24-10-15-29-55(48)63/h3-40H,2H2,1H3/b19-3-. The average molecular weight is 846 g/mol. The number of anilines is 3. The molecule has 3 aliphatic rings. The van der Waals surface area contributed by atoms with Gasteiger partial charge in [0.05, 0.1) is 16.5 Å². The highest BCUT2D eigenvalue weighted by Gasteiger charge is 2.52. The Labute approximate surface area is 384 Å². The van der Waals surface area contributed by atoms with Gasteiger partial charge in [-0.15, -0.1) is 11.3 Å². The van der Waals surface area contributed by atoms with Crippen molar-refractivity contribution in [3.05, 3.63) is 287 Å². The molecule has 306 valence electrons. The minimum atomic E-state index is -0.547. The number of benzene rings is 9. The Morgan fingerprint density at radius 1 is 0.446 bits per heavy atom. The van der Waals surface area contributed by atoms with Crippen LogP contribution in [0, 0.1) is 0 Å². The first-order valence-electron chi connectivity index (χ1n) is 22.6. The second-order valence-corrected chi connectivity index (χ2v) is 18.5. The van der Waals surface area contributed by atoms with Crippen LogP contribution in [0.15, 0.2) is 243 Å². The quantitative estimate of drug-likeness (QED) is 0.154. The molecule has 9 aromatic carbocycles. The lowest BCUT2D eigenvalue weighted by molar-refractivity contribution is 0.761. The summed E-state index contributed by atoms with van der Waals surface area (Å²) in [5, 5.41) is 2.56. The monoisotopic (exact) mass is 845 g/mol. The molecule has 0 amide bonds. The van der Waals surface area contributed by atoms with E-state index in [2.05, 4.69) is 243 Å². The third kappa shape index (κ3) is 5.03. The minimum absolute atomic E-state index is 0.450. The van der Waals surface area contributed by atoms with Crippen molar-refractivity contribution in [2.24, 2.45) is 0 Å². The zero-order chi connectivity index (χ0) is 43.3. The van der Waals surface area contributed by atoms with E-state index in [1.54, 1.807) is 0 Å². The van der Waals surface area contributed by atoms with Crippen LogP contribution in [0.25, 0.3) is 48.0 Å². The smallest absolute Gasteiger partial charge is 0.0726 e. The van der Waals surface area contributed by atoms with E-state index in [-0.39, 0.29) is 0 Å². The Hall–Kier alpha value is -7.78. The molecule has 0 radical (unpaired) electrons. The van der Waals surface area contributed by atoms with Crippen LogP contribution >= 0.6 is 11.3 Å². The Morgan fingerprint density at radius 2 is 0.985 bits per heavy atom. The van der Waals surface area contributed by atoms with Crippen LogP contribution in [0.2, 0.25) is 0 Å². The van der Waals surface area contributed by atoms with Gasteiger partial charge in [0.1, 0.15) is 0 Å². The second kappa shape index (κ2) is 14.4. The summed E-state index contributed by atoms with van der Waals surface area (Å²) < 4.78 is 2.59. The van der Waals surface area contributed by atoms with Crippen LogP contribution < -0.4 is 4.90 Å². The molecule has 0 saturated heterocycles. The zero-order valence-electron chi connectivity index (χ0n) is 36.0. The molecule has 0 fully saturated rings. The molecule has 2 heteroatoms. The maximum atomic E-state index is 4.37. The number of fused-ring (bicyclic) bond motifs is 14. The predicted molar refractivity (Wildman–Crippen MR) is 275 cm³/mol. The maximum absolute atomic E-state index is 4.37. The van der Waals surface area contributed by atoms with Gasteiger partial charge in [0, 0.05) is 37.1 Å². The number of thiophene rings is 1. The summed E-state index contributed by atoms with van der Waals surface area (Å²) in [6.07, 6.45) is 6.51. The molecule has 1 aromatic heterocycles. The van der Waals surface area contributed by atoms with E-state index in [1.165, 1.54) is 98.1 Å².